The fourth-order valence-electron chi connectivity index (χ4n) is 2.97. The summed E-state index contributed by atoms with van der Waals surface area (Å²) in [6, 6.07) is 1.27. The van der Waals surface area contributed by atoms with Crippen LogP contribution in [0, 0.1) is 5.82 Å². The molecule has 8 nitrogen and oxygen atoms in total. The Kier molecular flexibility index (Phi) is 3.50. The van der Waals surface area contributed by atoms with Gasteiger partial charge in [0.2, 0.25) is 0 Å². The minimum absolute atomic E-state index is 0.0653. The normalized spacial score (nSPS) is 26.0. The Morgan fingerprint density at radius 3 is 2.74 bits per heavy atom. The minimum Gasteiger partial charge on any atom is -0.506 e. The van der Waals surface area contributed by atoms with Gasteiger partial charge in [-0.3, -0.25) is 4.79 Å². The molecule has 5 N–H and O–H groups in total. The molecule has 1 fully saturated rings. The van der Waals surface area contributed by atoms with Crippen LogP contribution in [-0.2, 0) is 27.8 Å². The Labute approximate surface area is 131 Å². The molecule has 1 aliphatic heterocycles. The highest BCUT2D eigenvalue weighted by Gasteiger charge is 2.40. The van der Waals surface area contributed by atoms with Crippen molar-refractivity contribution in [3.63, 3.8) is 0 Å². The number of carbonyl (C=O) groups excluding carboxylic acids is 1. The van der Waals surface area contributed by atoms with Gasteiger partial charge in [-0.2, -0.15) is 8.42 Å². The second kappa shape index (κ2) is 5.05. The van der Waals surface area contributed by atoms with Gasteiger partial charge < -0.3 is 15.9 Å². The zero-order valence-corrected chi connectivity index (χ0v) is 12.9. The molecule has 0 radical (unpaired) electrons. The number of carbonyl (C=O) groups is 1. The number of aromatic hydroxyl groups is 1. The van der Waals surface area contributed by atoms with Crippen molar-refractivity contribution in [1.29, 1.82) is 0 Å². The molecule has 1 atom stereocenters. The van der Waals surface area contributed by atoms with Crippen LogP contribution in [0.3, 0.4) is 0 Å². The summed E-state index contributed by atoms with van der Waals surface area (Å²) in [4.78, 5) is 11.3. The Morgan fingerprint density at radius 1 is 1.48 bits per heavy atom. The van der Waals surface area contributed by atoms with E-state index in [1.807, 2.05) is 0 Å². The molecule has 10 heteroatoms. The summed E-state index contributed by atoms with van der Waals surface area (Å²) >= 11 is 0. The molecule has 3 rings (SSSR count). The third-order valence-electron chi connectivity index (χ3n) is 4.23. The van der Waals surface area contributed by atoms with Crippen LogP contribution < -0.4 is 14.8 Å². The molecule has 0 bridgehead atoms. The lowest BCUT2D eigenvalue weighted by Gasteiger charge is -2.33. The van der Waals surface area contributed by atoms with E-state index >= 15 is 0 Å². The van der Waals surface area contributed by atoms with Crippen molar-refractivity contribution in [1.82, 2.24) is 4.72 Å². The maximum absolute atomic E-state index is 14.9. The number of aliphatic hydroxyl groups is 1. The highest BCUT2D eigenvalue weighted by Crippen LogP contribution is 2.41. The first-order valence-electron chi connectivity index (χ1n) is 6.96. The number of phenols is 1. The van der Waals surface area contributed by atoms with E-state index in [1.54, 1.807) is 4.72 Å². The monoisotopic (exact) mass is 345 g/mol. The molecule has 0 saturated carbocycles. The van der Waals surface area contributed by atoms with E-state index in [2.05, 4.69) is 0 Å². The van der Waals surface area contributed by atoms with E-state index in [4.69, 9.17) is 5.73 Å². The van der Waals surface area contributed by atoms with Gasteiger partial charge in [0.1, 0.15) is 18.0 Å². The van der Waals surface area contributed by atoms with Gasteiger partial charge in [-0.05, 0) is 30.0 Å². The van der Waals surface area contributed by atoms with Gasteiger partial charge in [-0.25, -0.2) is 13.4 Å². The van der Waals surface area contributed by atoms with Crippen LogP contribution >= 0.6 is 0 Å². The van der Waals surface area contributed by atoms with Crippen molar-refractivity contribution in [2.45, 2.75) is 24.9 Å². The summed E-state index contributed by atoms with van der Waals surface area (Å²) in [5.41, 5.74) is 4.23. The van der Waals surface area contributed by atoms with Gasteiger partial charge in [0.15, 0.2) is 5.82 Å². The maximum atomic E-state index is 14.9. The highest BCUT2D eigenvalue weighted by atomic mass is 32.2. The molecule has 0 spiro atoms. The Hall–Kier alpha value is -1.91. The lowest BCUT2D eigenvalue weighted by atomic mass is 9.80. The lowest BCUT2D eigenvalue weighted by Crippen LogP contribution is -2.43. The summed E-state index contributed by atoms with van der Waals surface area (Å²) in [7, 11) is -4.25. The summed E-state index contributed by atoms with van der Waals surface area (Å²) in [5, 5.41) is 20.3. The van der Waals surface area contributed by atoms with E-state index in [-0.39, 0.29) is 18.5 Å². The van der Waals surface area contributed by atoms with E-state index in [1.165, 1.54) is 6.07 Å². The average Bonchev–Trinajstić information content (AvgIpc) is 2.73. The quantitative estimate of drug-likeness (QED) is 0.537. The first-order valence-corrected chi connectivity index (χ1v) is 8.40. The molecule has 0 aromatic heterocycles. The zero-order valence-electron chi connectivity index (χ0n) is 12.0. The number of halogens is 1. The predicted octanol–water partition coefficient (Wildman–Crippen LogP) is -1.11. The Bertz CT molecular complexity index is 797. The molecular weight excluding hydrogens is 329 g/mol. The van der Waals surface area contributed by atoms with Gasteiger partial charge in [-0.1, -0.05) is 0 Å². The van der Waals surface area contributed by atoms with Crippen LogP contribution in [-0.4, -0.2) is 43.2 Å². The number of aryl methyl sites for hydroxylation is 1. The second-order valence-electron chi connectivity index (χ2n) is 5.84. The van der Waals surface area contributed by atoms with Crippen molar-refractivity contribution in [3.8, 4) is 5.75 Å². The van der Waals surface area contributed by atoms with Crippen LogP contribution in [0.4, 0.5) is 10.1 Å². The molecule has 23 heavy (non-hydrogen) atoms. The predicted molar refractivity (Wildman–Crippen MR) is 78.5 cm³/mol. The van der Waals surface area contributed by atoms with E-state index in [9.17, 15) is 27.8 Å². The number of amides is 1. The van der Waals surface area contributed by atoms with Gasteiger partial charge in [0.25, 0.3) is 5.91 Å². The van der Waals surface area contributed by atoms with Crippen LogP contribution in [0.15, 0.2) is 6.07 Å². The molecule has 1 saturated heterocycles. The molecule has 1 aliphatic carbocycles. The molecular formula is C13H16FN3O5S. The fraction of sp³-hybridized carbons (Fsp3) is 0.462. The number of nitrogens with one attached hydrogen (secondary N) is 1. The summed E-state index contributed by atoms with van der Waals surface area (Å²) < 4.78 is 40.8. The number of anilines is 1. The third-order valence-corrected chi connectivity index (χ3v) is 5.61. The van der Waals surface area contributed by atoms with E-state index < -0.39 is 45.5 Å². The van der Waals surface area contributed by atoms with E-state index in [0.29, 0.717) is 22.7 Å². The molecule has 126 valence electrons. The summed E-state index contributed by atoms with van der Waals surface area (Å²) in [5.74, 6) is -2.36. The van der Waals surface area contributed by atoms with Gasteiger partial charge >= 0.3 is 10.2 Å². The number of hydrogen-bond donors (Lipinski definition) is 4. The molecule has 1 unspecified atom stereocenters. The van der Waals surface area contributed by atoms with Gasteiger partial charge in [0, 0.05) is 13.0 Å². The number of phenolic OH excluding ortho intramolecular Hbond substituents is 1. The topological polar surface area (TPSA) is 133 Å². The number of hydrogen-bond acceptors (Lipinski definition) is 6. The van der Waals surface area contributed by atoms with Crippen molar-refractivity contribution in [2.75, 3.05) is 17.4 Å². The van der Waals surface area contributed by atoms with Crippen LogP contribution in [0.1, 0.15) is 17.5 Å². The lowest BCUT2D eigenvalue weighted by molar-refractivity contribution is -0.117. The largest absolute Gasteiger partial charge is 0.506 e. The molecule has 1 amide bonds. The SMILES string of the molecule is NCC1(O)CCc2cc(O)c(N3CC(=O)NS3(=O)=O)c(F)c2C1. The molecule has 1 heterocycles. The molecule has 2 aliphatic rings. The van der Waals surface area contributed by atoms with Gasteiger partial charge in [-0.15, -0.1) is 0 Å². The number of nitrogens with two attached hydrogens (primary N) is 1. The van der Waals surface area contributed by atoms with E-state index in [0.717, 1.165) is 0 Å². The number of rotatable bonds is 2. The van der Waals surface area contributed by atoms with Crippen molar-refractivity contribution in [3.05, 3.63) is 23.0 Å². The first-order chi connectivity index (χ1) is 10.7. The van der Waals surface area contributed by atoms with Crippen molar-refractivity contribution < 1.29 is 27.8 Å². The smallest absolute Gasteiger partial charge is 0.326 e. The third kappa shape index (κ3) is 2.52. The zero-order chi connectivity index (χ0) is 17.0. The summed E-state index contributed by atoms with van der Waals surface area (Å²) in [6.07, 6.45) is 0.529. The minimum atomic E-state index is -4.25. The molecule has 1 aromatic carbocycles. The highest BCUT2D eigenvalue weighted by molar-refractivity contribution is 7.92. The second-order valence-corrected chi connectivity index (χ2v) is 7.43. The standard InChI is InChI=1S/C13H16FN3O5S/c14-11-8-4-13(20,6-15)2-1-7(8)3-9(18)12(11)17-5-10(19)16-23(17,21)22/h3,18,20H,1-2,4-6,15H2,(H,16,19). The molecule has 1 aromatic rings. The van der Waals surface area contributed by atoms with Crippen LogP contribution in [0.25, 0.3) is 0 Å². The fourth-order valence-corrected chi connectivity index (χ4v) is 4.14. The number of benzene rings is 1. The Balaban J connectivity index is 2.14. The first kappa shape index (κ1) is 16.0. The summed E-state index contributed by atoms with van der Waals surface area (Å²) in [6.45, 7) is -0.684. The maximum Gasteiger partial charge on any atom is 0.326 e. The van der Waals surface area contributed by atoms with Crippen LogP contribution in [0.5, 0.6) is 5.75 Å². The number of nitrogens with zero attached hydrogens (tertiary/aromatic N) is 1. The van der Waals surface area contributed by atoms with Crippen molar-refractivity contribution in [2.24, 2.45) is 5.73 Å². The Morgan fingerprint density at radius 2 is 2.17 bits per heavy atom. The number of fused-ring (bicyclic) bond motifs is 1. The van der Waals surface area contributed by atoms with Gasteiger partial charge in [0.05, 0.1) is 5.60 Å². The van der Waals surface area contributed by atoms with Crippen molar-refractivity contribution >= 4 is 21.8 Å². The van der Waals surface area contributed by atoms with Crippen LogP contribution in [0.2, 0.25) is 0 Å². The average molecular weight is 345 g/mol.